The summed E-state index contributed by atoms with van der Waals surface area (Å²) < 4.78 is 25.3. The van der Waals surface area contributed by atoms with Crippen LogP contribution in [0.15, 0.2) is 24.3 Å². The van der Waals surface area contributed by atoms with Gasteiger partial charge in [-0.1, -0.05) is 11.6 Å². The number of pyridine rings is 1. The minimum atomic E-state index is -2.64. The Bertz CT molecular complexity index is 526. The van der Waals surface area contributed by atoms with Crippen molar-refractivity contribution in [3.05, 3.63) is 35.5 Å². The first-order valence-electron chi connectivity index (χ1n) is 4.78. The van der Waals surface area contributed by atoms with Crippen LogP contribution in [0.3, 0.4) is 0 Å². The average molecular weight is 223 g/mol. The first kappa shape index (κ1) is 10.8. The van der Waals surface area contributed by atoms with Gasteiger partial charge in [-0.3, -0.25) is 5.84 Å². The summed E-state index contributed by atoms with van der Waals surface area (Å²) in [5.74, 6) is 5.19. The van der Waals surface area contributed by atoms with Crippen LogP contribution in [0.2, 0.25) is 0 Å². The van der Waals surface area contributed by atoms with Crippen molar-refractivity contribution in [2.75, 3.05) is 5.43 Å². The van der Waals surface area contributed by atoms with Crippen molar-refractivity contribution < 1.29 is 8.78 Å². The maximum Gasteiger partial charge on any atom is 0.282 e. The van der Waals surface area contributed by atoms with E-state index < -0.39 is 6.43 Å². The van der Waals surface area contributed by atoms with Crippen LogP contribution in [0.25, 0.3) is 10.9 Å². The van der Waals surface area contributed by atoms with Gasteiger partial charge in [0.15, 0.2) is 0 Å². The van der Waals surface area contributed by atoms with E-state index in [-0.39, 0.29) is 11.4 Å². The molecular formula is C11H11F2N3. The smallest absolute Gasteiger partial charge is 0.282 e. The SMILES string of the molecule is Cc1ccc2nc(C(F)F)c(NN)cc2c1. The van der Waals surface area contributed by atoms with Crippen molar-refractivity contribution in [1.29, 1.82) is 0 Å². The van der Waals surface area contributed by atoms with Crippen molar-refractivity contribution in [3.63, 3.8) is 0 Å². The van der Waals surface area contributed by atoms with Crippen molar-refractivity contribution in [1.82, 2.24) is 4.98 Å². The number of benzene rings is 1. The number of nitrogens with one attached hydrogen (secondary N) is 1. The molecule has 0 unspecified atom stereocenters. The van der Waals surface area contributed by atoms with Crippen molar-refractivity contribution in [3.8, 4) is 0 Å². The zero-order chi connectivity index (χ0) is 11.7. The molecule has 84 valence electrons. The lowest BCUT2D eigenvalue weighted by Gasteiger charge is -2.09. The number of nitrogens with two attached hydrogens (primary N) is 1. The van der Waals surface area contributed by atoms with Gasteiger partial charge in [0.05, 0.1) is 11.2 Å². The van der Waals surface area contributed by atoms with Crippen LogP contribution in [0, 0.1) is 6.92 Å². The molecule has 0 saturated carbocycles. The van der Waals surface area contributed by atoms with Gasteiger partial charge >= 0.3 is 0 Å². The second-order valence-electron chi connectivity index (χ2n) is 3.56. The zero-order valence-electron chi connectivity index (χ0n) is 8.67. The normalized spacial score (nSPS) is 11.1. The van der Waals surface area contributed by atoms with Gasteiger partial charge in [-0.2, -0.15) is 0 Å². The van der Waals surface area contributed by atoms with E-state index in [2.05, 4.69) is 10.4 Å². The third-order valence-corrected chi connectivity index (χ3v) is 2.36. The summed E-state index contributed by atoms with van der Waals surface area (Å²) in [6.45, 7) is 1.93. The molecule has 0 aliphatic rings. The average Bonchev–Trinajstić information content (AvgIpc) is 2.26. The molecule has 3 N–H and O–H groups in total. The first-order valence-corrected chi connectivity index (χ1v) is 4.78. The molecule has 5 heteroatoms. The second kappa shape index (κ2) is 4.02. The van der Waals surface area contributed by atoms with Crippen LogP contribution in [-0.4, -0.2) is 4.98 Å². The Labute approximate surface area is 91.3 Å². The molecule has 0 bridgehead atoms. The quantitative estimate of drug-likeness (QED) is 0.608. The number of hydrogen-bond donors (Lipinski definition) is 2. The Balaban J connectivity index is 2.70. The van der Waals surface area contributed by atoms with Gasteiger partial charge in [-0.05, 0) is 25.1 Å². The third kappa shape index (κ3) is 1.81. The number of alkyl halides is 2. The summed E-state index contributed by atoms with van der Waals surface area (Å²) in [5, 5.41) is 0.789. The van der Waals surface area contributed by atoms with E-state index >= 15 is 0 Å². The lowest BCUT2D eigenvalue weighted by Crippen LogP contribution is -2.10. The van der Waals surface area contributed by atoms with Gasteiger partial charge in [-0.15, -0.1) is 0 Å². The lowest BCUT2D eigenvalue weighted by molar-refractivity contribution is 0.147. The summed E-state index contributed by atoms with van der Waals surface area (Å²) >= 11 is 0. The molecule has 1 aromatic heterocycles. The minimum Gasteiger partial charge on any atom is -0.322 e. The molecule has 0 saturated heterocycles. The molecule has 1 heterocycles. The molecule has 0 atom stereocenters. The molecule has 2 aromatic rings. The second-order valence-corrected chi connectivity index (χ2v) is 3.56. The van der Waals surface area contributed by atoms with Crippen LogP contribution >= 0.6 is 0 Å². The number of aryl methyl sites for hydroxylation is 1. The van der Waals surface area contributed by atoms with Gasteiger partial charge in [-0.25, -0.2) is 13.8 Å². The Morgan fingerprint density at radius 1 is 1.31 bits per heavy atom. The van der Waals surface area contributed by atoms with E-state index in [0.717, 1.165) is 10.9 Å². The molecule has 16 heavy (non-hydrogen) atoms. The summed E-state index contributed by atoms with van der Waals surface area (Å²) in [6.07, 6.45) is -2.64. The van der Waals surface area contributed by atoms with Crippen LogP contribution < -0.4 is 11.3 Å². The van der Waals surface area contributed by atoms with Crippen molar-refractivity contribution in [2.45, 2.75) is 13.3 Å². The molecular weight excluding hydrogens is 212 g/mol. The van der Waals surface area contributed by atoms with E-state index in [4.69, 9.17) is 5.84 Å². The Hall–Kier alpha value is -1.75. The van der Waals surface area contributed by atoms with E-state index in [1.165, 1.54) is 0 Å². The van der Waals surface area contributed by atoms with Crippen LogP contribution in [0.4, 0.5) is 14.5 Å². The predicted molar refractivity (Wildman–Crippen MR) is 59.2 cm³/mol. The Morgan fingerprint density at radius 2 is 2.06 bits per heavy atom. The fraction of sp³-hybridized carbons (Fsp3) is 0.182. The number of hydrazine groups is 1. The van der Waals surface area contributed by atoms with E-state index in [0.29, 0.717) is 5.52 Å². The number of nitrogens with zero attached hydrogens (tertiary/aromatic N) is 1. The standard InChI is InChI=1S/C11H11F2N3/c1-6-2-3-8-7(4-6)5-9(16-14)10(15-8)11(12)13/h2-5,11,16H,14H2,1H3. The van der Waals surface area contributed by atoms with E-state index in [1.54, 1.807) is 12.1 Å². The molecule has 1 aromatic carbocycles. The first-order chi connectivity index (χ1) is 7.61. The molecule has 0 aliphatic heterocycles. The van der Waals surface area contributed by atoms with Crippen molar-refractivity contribution in [2.24, 2.45) is 5.84 Å². The number of nitrogen functional groups attached to an aromatic ring is 1. The highest BCUT2D eigenvalue weighted by Gasteiger charge is 2.15. The topological polar surface area (TPSA) is 50.9 Å². The zero-order valence-corrected chi connectivity index (χ0v) is 8.67. The summed E-state index contributed by atoms with van der Waals surface area (Å²) in [7, 11) is 0. The highest BCUT2D eigenvalue weighted by Crippen LogP contribution is 2.28. The van der Waals surface area contributed by atoms with Crippen LogP contribution in [0.5, 0.6) is 0 Å². The number of aromatic nitrogens is 1. The van der Waals surface area contributed by atoms with Crippen LogP contribution in [0.1, 0.15) is 17.7 Å². The molecule has 3 nitrogen and oxygen atoms in total. The summed E-state index contributed by atoms with van der Waals surface area (Å²) in [4.78, 5) is 3.89. The van der Waals surface area contributed by atoms with Gasteiger partial charge < -0.3 is 5.43 Å². The largest absolute Gasteiger partial charge is 0.322 e. The molecule has 0 amide bonds. The Kier molecular flexibility index (Phi) is 2.70. The highest BCUT2D eigenvalue weighted by atomic mass is 19.3. The molecule has 2 rings (SSSR count). The molecule has 0 aliphatic carbocycles. The minimum absolute atomic E-state index is 0.160. The van der Waals surface area contributed by atoms with E-state index in [9.17, 15) is 8.78 Å². The maximum atomic E-state index is 12.7. The predicted octanol–water partition coefficient (Wildman–Crippen LogP) is 2.77. The van der Waals surface area contributed by atoms with Crippen molar-refractivity contribution >= 4 is 16.6 Å². The fourth-order valence-electron chi connectivity index (χ4n) is 1.59. The fourth-order valence-corrected chi connectivity index (χ4v) is 1.59. The lowest BCUT2D eigenvalue weighted by atomic mass is 10.1. The van der Waals surface area contributed by atoms with Gasteiger partial charge in [0, 0.05) is 5.39 Å². The summed E-state index contributed by atoms with van der Waals surface area (Å²) in [6, 6.07) is 7.01. The molecule has 0 spiro atoms. The third-order valence-electron chi connectivity index (χ3n) is 2.36. The molecule has 0 fully saturated rings. The monoisotopic (exact) mass is 223 g/mol. The highest BCUT2D eigenvalue weighted by molar-refractivity contribution is 5.83. The number of anilines is 1. The Morgan fingerprint density at radius 3 is 2.69 bits per heavy atom. The van der Waals surface area contributed by atoms with E-state index in [1.807, 2.05) is 19.1 Å². The molecule has 0 radical (unpaired) electrons. The van der Waals surface area contributed by atoms with Gasteiger partial charge in [0.25, 0.3) is 6.43 Å². The number of rotatable bonds is 2. The number of hydrogen-bond acceptors (Lipinski definition) is 3. The maximum absolute atomic E-state index is 12.7. The van der Waals surface area contributed by atoms with Gasteiger partial charge in [0.1, 0.15) is 5.69 Å². The number of halogens is 2. The summed E-state index contributed by atoms with van der Waals surface area (Å²) in [5.41, 5.74) is 3.67. The van der Waals surface area contributed by atoms with Crippen LogP contribution in [-0.2, 0) is 0 Å². The van der Waals surface area contributed by atoms with Gasteiger partial charge in [0.2, 0.25) is 0 Å². The number of fused-ring (bicyclic) bond motifs is 1.